The van der Waals surface area contributed by atoms with Gasteiger partial charge in [0, 0.05) is 13.1 Å². The number of rotatable bonds is 5. The van der Waals surface area contributed by atoms with Crippen molar-refractivity contribution in [1.29, 1.82) is 0 Å². The van der Waals surface area contributed by atoms with E-state index in [1.807, 2.05) is 6.92 Å². The van der Waals surface area contributed by atoms with Crippen molar-refractivity contribution in [3.63, 3.8) is 0 Å². The SMILES string of the molecule is CCC(SCC(=O)N1CCOCC1)C(=O)O. The lowest BCUT2D eigenvalue weighted by atomic mass is 10.3. The molecule has 1 aliphatic rings. The summed E-state index contributed by atoms with van der Waals surface area (Å²) in [6.07, 6.45) is 0.538. The van der Waals surface area contributed by atoms with Gasteiger partial charge in [0.15, 0.2) is 0 Å². The molecule has 16 heavy (non-hydrogen) atoms. The maximum Gasteiger partial charge on any atom is 0.316 e. The number of carboxylic acid groups (broad SMARTS) is 1. The van der Waals surface area contributed by atoms with Gasteiger partial charge in [-0.25, -0.2) is 0 Å². The summed E-state index contributed by atoms with van der Waals surface area (Å²) < 4.78 is 5.14. The highest BCUT2D eigenvalue weighted by Gasteiger charge is 2.21. The first-order chi connectivity index (χ1) is 7.65. The van der Waals surface area contributed by atoms with Gasteiger partial charge in [-0.05, 0) is 6.42 Å². The number of hydrogen-bond donors (Lipinski definition) is 1. The van der Waals surface area contributed by atoms with E-state index in [0.29, 0.717) is 32.7 Å². The molecule has 1 fully saturated rings. The van der Waals surface area contributed by atoms with Gasteiger partial charge in [-0.2, -0.15) is 0 Å². The van der Waals surface area contributed by atoms with Crippen molar-refractivity contribution in [2.24, 2.45) is 0 Å². The number of nitrogens with zero attached hydrogens (tertiary/aromatic N) is 1. The number of aliphatic carboxylic acids is 1. The fourth-order valence-electron chi connectivity index (χ4n) is 1.44. The minimum Gasteiger partial charge on any atom is -0.480 e. The molecule has 1 saturated heterocycles. The molecule has 92 valence electrons. The molecule has 1 atom stereocenters. The van der Waals surface area contributed by atoms with Crippen LogP contribution in [0.25, 0.3) is 0 Å². The minimum absolute atomic E-state index is 0.00741. The van der Waals surface area contributed by atoms with Crippen LogP contribution in [0.5, 0.6) is 0 Å². The van der Waals surface area contributed by atoms with Crippen LogP contribution in [0, 0.1) is 0 Å². The van der Waals surface area contributed by atoms with E-state index in [0.717, 1.165) is 0 Å². The summed E-state index contributed by atoms with van der Waals surface area (Å²) in [7, 11) is 0. The lowest BCUT2D eigenvalue weighted by Crippen LogP contribution is -2.42. The Morgan fingerprint density at radius 2 is 2.06 bits per heavy atom. The Kier molecular flexibility index (Phi) is 5.62. The van der Waals surface area contributed by atoms with Crippen LogP contribution >= 0.6 is 11.8 Å². The number of hydrogen-bond acceptors (Lipinski definition) is 4. The summed E-state index contributed by atoms with van der Waals surface area (Å²) in [4.78, 5) is 24.2. The molecule has 1 heterocycles. The largest absolute Gasteiger partial charge is 0.480 e. The molecular formula is C10H17NO4S. The van der Waals surface area contributed by atoms with Crippen LogP contribution in [0.1, 0.15) is 13.3 Å². The van der Waals surface area contributed by atoms with Gasteiger partial charge in [0.05, 0.1) is 19.0 Å². The number of carbonyl (C=O) groups excluding carboxylic acids is 1. The van der Waals surface area contributed by atoms with Gasteiger partial charge in [-0.3, -0.25) is 9.59 Å². The molecule has 0 bridgehead atoms. The van der Waals surface area contributed by atoms with Crippen LogP contribution in [0.15, 0.2) is 0 Å². The molecule has 1 rings (SSSR count). The van der Waals surface area contributed by atoms with Crippen molar-refractivity contribution in [2.45, 2.75) is 18.6 Å². The smallest absolute Gasteiger partial charge is 0.316 e. The fourth-order valence-corrected chi connectivity index (χ4v) is 2.34. The molecular weight excluding hydrogens is 230 g/mol. The average Bonchev–Trinajstić information content (AvgIpc) is 2.30. The standard InChI is InChI=1S/C10H17NO4S/c1-2-8(10(13)14)16-7-9(12)11-3-5-15-6-4-11/h8H,2-7H2,1H3,(H,13,14). The molecule has 1 amide bonds. The van der Waals surface area contributed by atoms with Gasteiger partial charge in [0.2, 0.25) is 5.91 Å². The third kappa shape index (κ3) is 4.02. The van der Waals surface area contributed by atoms with E-state index in [2.05, 4.69) is 0 Å². The molecule has 0 spiro atoms. The highest BCUT2D eigenvalue weighted by atomic mass is 32.2. The second-order valence-electron chi connectivity index (χ2n) is 3.54. The first kappa shape index (κ1) is 13.3. The zero-order valence-electron chi connectivity index (χ0n) is 9.35. The van der Waals surface area contributed by atoms with Gasteiger partial charge in [0.25, 0.3) is 0 Å². The maximum atomic E-state index is 11.7. The summed E-state index contributed by atoms with van der Waals surface area (Å²) in [5.41, 5.74) is 0. The Balaban J connectivity index is 2.30. The summed E-state index contributed by atoms with van der Waals surface area (Å²) in [5, 5.41) is 8.35. The van der Waals surface area contributed by atoms with E-state index < -0.39 is 11.2 Å². The van der Waals surface area contributed by atoms with Gasteiger partial charge in [-0.15, -0.1) is 11.8 Å². The summed E-state index contributed by atoms with van der Waals surface area (Å²) >= 11 is 1.20. The normalized spacial score (nSPS) is 18.2. The lowest BCUT2D eigenvalue weighted by molar-refractivity contribution is -0.136. The molecule has 0 aromatic heterocycles. The minimum atomic E-state index is -0.845. The fraction of sp³-hybridized carbons (Fsp3) is 0.800. The van der Waals surface area contributed by atoms with Crippen molar-refractivity contribution in [3.05, 3.63) is 0 Å². The van der Waals surface area contributed by atoms with Crippen LogP contribution in [-0.2, 0) is 14.3 Å². The molecule has 0 aliphatic carbocycles. The molecule has 1 N–H and O–H groups in total. The van der Waals surface area contributed by atoms with Crippen LogP contribution in [-0.4, -0.2) is 59.2 Å². The number of amides is 1. The highest BCUT2D eigenvalue weighted by molar-refractivity contribution is 8.01. The molecule has 0 aromatic carbocycles. The highest BCUT2D eigenvalue weighted by Crippen LogP contribution is 2.15. The van der Waals surface area contributed by atoms with Gasteiger partial charge in [-0.1, -0.05) is 6.92 Å². The monoisotopic (exact) mass is 247 g/mol. The van der Waals surface area contributed by atoms with Crippen molar-refractivity contribution < 1.29 is 19.4 Å². The molecule has 1 unspecified atom stereocenters. The van der Waals surface area contributed by atoms with Crippen molar-refractivity contribution in [1.82, 2.24) is 4.90 Å². The van der Waals surface area contributed by atoms with Gasteiger partial charge >= 0.3 is 5.97 Å². The number of morpholine rings is 1. The van der Waals surface area contributed by atoms with Gasteiger partial charge in [0.1, 0.15) is 5.25 Å². The Morgan fingerprint density at radius 3 is 2.56 bits per heavy atom. The van der Waals surface area contributed by atoms with Crippen LogP contribution < -0.4 is 0 Å². The average molecular weight is 247 g/mol. The van der Waals surface area contributed by atoms with E-state index in [1.165, 1.54) is 11.8 Å². The Hall–Kier alpha value is -0.750. The van der Waals surface area contributed by atoms with Crippen molar-refractivity contribution in [2.75, 3.05) is 32.1 Å². The predicted octanol–water partition coefficient (Wildman–Crippen LogP) is 0.442. The van der Waals surface area contributed by atoms with E-state index in [-0.39, 0.29) is 11.7 Å². The number of thioether (sulfide) groups is 1. The first-order valence-electron chi connectivity index (χ1n) is 5.35. The second-order valence-corrected chi connectivity index (χ2v) is 4.73. The quantitative estimate of drug-likeness (QED) is 0.763. The predicted molar refractivity (Wildman–Crippen MR) is 61.6 cm³/mol. The second kappa shape index (κ2) is 6.75. The molecule has 0 saturated carbocycles. The molecule has 0 radical (unpaired) electrons. The van der Waals surface area contributed by atoms with E-state index >= 15 is 0 Å². The Morgan fingerprint density at radius 1 is 1.44 bits per heavy atom. The Labute approximate surface area is 99.1 Å². The molecule has 5 nitrogen and oxygen atoms in total. The van der Waals surface area contributed by atoms with Gasteiger partial charge < -0.3 is 14.7 Å². The van der Waals surface area contributed by atoms with Crippen LogP contribution in [0.4, 0.5) is 0 Å². The van der Waals surface area contributed by atoms with Crippen molar-refractivity contribution >= 4 is 23.6 Å². The van der Waals surface area contributed by atoms with Crippen LogP contribution in [0.2, 0.25) is 0 Å². The lowest BCUT2D eigenvalue weighted by Gasteiger charge is -2.27. The topological polar surface area (TPSA) is 66.8 Å². The zero-order chi connectivity index (χ0) is 12.0. The summed E-state index contributed by atoms with van der Waals surface area (Å²) in [5.74, 6) is -0.597. The number of carboxylic acids is 1. The summed E-state index contributed by atoms with van der Waals surface area (Å²) in [6.45, 7) is 4.19. The number of ether oxygens (including phenoxy) is 1. The third-order valence-electron chi connectivity index (χ3n) is 2.42. The summed E-state index contributed by atoms with van der Waals surface area (Å²) in [6, 6.07) is 0. The number of carbonyl (C=O) groups is 2. The van der Waals surface area contributed by atoms with E-state index in [4.69, 9.17) is 9.84 Å². The first-order valence-corrected chi connectivity index (χ1v) is 6.40. The molecule has 0 aromatic rings. The maximum absolute atomic E-state index is 11.7. The zero-order valence-corrected chi connectivity index (χ0v) is 10.2. The van der Waals surface area contributed by atoms with E-state index in [1.54, 1.807) is 4.90 Å². The Bertz CT molecular complexity index is 253. The molecule has 6 heteroatoms. The third-order valence-corrected chi connectivity index (χ3v) is 3.77. The van der Waals surface area contributed by atoms with E-state index in [9.17, 15) is 9.59 Å². The van der Waals surface area contributed by atoms with Crippen LogP contribution in [0.3, 0.4) is 0 Å². The van der Waals surface area contributed by atoms with Crippen molar-refractivity contribution in [3.8, 4) is 0 Å². The molecule has 1 aliphatic heterocycles.